The van der Waals surface area contributed by atoms with Gasteiger partial charge in [0.2, 0.25) is 0 Å². The predicted octanol–water partition coefficient (Wildman–Crippen LogP) is 3.73. The van der Waals surface area contributed by atoms with Crippen LogP contribution in [-0.4, -0.2) is 44.2 Å². The zero-order chi connectivity index (χ0) is 23.1. The summed E-state index contributed by atoms with van der Waals surface area (Å²) in [5.41, 5.74) is 2.50. The summed E-state index contributed by atoms with van der Waals surface area (Å²) in [5.74, 6) is -1.000. The number of methoxy groups -OCH3 is 1. The summed E-state index contributed by atoms with van der Waals surface area (Å²) >= 11 is 0. The Labute approximate surface area is 186 Å². The highest BCUT2D eigenvalue weighted by molar-refractivity contribution is 7.52. The first-order valence-corrected chi connectivity index (χ1v) is 11.6. The maximum atomic E-state index is 12.7. The summed E-state index contributed by atoms with van der Waals surface area (Å²) in [6.45, 7) is 0. The molecule has 0 radical (unpaired) electrons. The van der Waals surface area contributed by atoms with Crippen molar-refractivity contribution in [2.45, 2.75) is 18.6 Å². The van der Waals surface area contributed by atoms with E-state index in [-0.39, 0.29) is 12.6 Å². The number of hydrogen-bond acceptors (Lipinski definition) is 7. The van der Waals surface area contributed by atoms with Gasteiger partial charge in [0.05, 0.1) is 18.8 Å². The first-order valence-electron chi connectivity index (χ1n) is 9.90. The number of nitrogens with one attached hydrogen (secondary N) is 1. The Kier molecular flexibility index (Phi) is 7.75. The number of para-hydroxylation sites is 1. The van der Waals surface area contributed by atoms with Crippen molar-refractivity contribution in [1.29, 1.82) is 0 Å². The summed E-state index contributed by atoms with van der Waals surface area (Å²) in [7, 11) is 0.711. The number of carbonyl (C=O) groups excluding carboxylic acids is 2. The summed E-state index contributed by atoms with van der Waals surface area (Å²) in [5, 5.41) is 3.70. The highest BCUT2D eigenvalue weighted by Crippen LogP contribution is 2.49. The molecule has 0 aliphatic carbocycles. The zero-order valence-electron chi connectivity index (χ0n) is 18.1. The van der Waals surface area contributed by atoms with E-state index in [9.17, 15) is 14.2 Å². The van der Waals surface area contributed by atoms with Crippen molar-refractivity contribution in [3.63, 3.8) is 0 Å². The van der Waals surface area contributed by atoms with E-state index in [0.717, 1.165) is 10.9 Å². The second-order valence-corrected chi connectivity index (χ2v) is 9.35. The van der Waals surface area contributed by atoms with Crippen molar-refractivity contribution in [1.82, 2.24) is 10.3 Å². The third kappa shape index (κ3) is 5.79. The minimum atomic E-state index is -3.21. The molecule has 1 aromatic heterocycles. The largest absolute Gasteiger partial charge is 0.467 e. The normalized spacial score (nSPS) is 12.3. The molecule has 2 aromatic carbocycles. The van der Waals surface area contributed by atoms with Gasteiger partial charge in [-0.2, -0.15) is 0 Å². The molecule has 1 N–H and O–H groups in total. The van der Waals surface area contributed by atoms with Gasteiger partial charge in [0.15, 0.2) is 0 Å². The molecule has 8 nitrogen and oxygen atoms in total. The standard InChI is InChI=1S/C23H25N2O6P/c1-29-23(27)21(14-19-13-12-17-6-4-5-7-20(17)24-19)25-22(26)18-10-8-16(9-11-18)15-32(28,30-2)31-3/h4-13,21H,14-15H2,1-3H3,(H,25,26)/t21-/m0/s1. The lowest BCUT2D eigenvalue weighted by Gasteiger charge is -2.17. The third-order valence-electron chi connectivity index (χ3n) is 5.01. The average Bonchev–Trinajstić information content (AvgIpc) is 2.83. The quantitative estimate of drug-likeness (QED) is 0.386. The summed E-state index contributed by atoms with van der Waals surface area (Å²) in [6, 6.07) is 17.0. The van der Waals surface area contributed by atoms with E-state index in [4.69, 9.17) is 13.8 Å². The second kappa shape index (κ2) is 10.5. The van der Waals surface area contributed by atoms with Crippen LogP contribution in [0.3, 0.4) is 0 Å². The molecule has 1 heterocycles. The molecule has 1 amide bonds. The average molecular weight is 456 g/mol. The Morgan fingerprint density at radius 1 is 0.969 bits per heavy atom. The van der Waals surface area contributed by atoms with Gasteiger partial charge in [0.25, 0.3) is 5.91 Å². The number of benzene rings is 2. The van der Waals surface area contributed by atoms with Crippen LogP contribution in [0, 0.1) is 0 Å². The third-order valence-corrected chi connectivity index (χ3v) is 6.87. The Morgan fingerprint density at radius 2 is 1.66 bits per heavy atom. The van der Waals surface area contributed by atoms with Crippen LogP contribution in [0.15, 0.2) is 60.7 Å². The number of amides is 1. The van der Waals surface area contributed by atoms with Crippen molar-refractivity contribution < 1.29 is 27.9 Å². The molecule has 0 aliphatic rings. The van der Waals surface area contributed by atoms with Crippen LogP contribution in [0.25, 0.3) is 10.9 Å². The van der Waals surface area contributed by atoms with Gasteiger partial charge in [0, 0.05) is 37.3 Å². The number of carbonyl (C=O) groups is 2. The molecule has 168 valence electrons. The van der Waals surface area contributed by atoms with Gasteiger partial charge in [-0.1, -0.05) is 36.4 Å². The molecule has 3 aromatic rings. The van der Waals surface area contributed by atoms with Crippen LogP contribution in [0.4, 0.5) is 0 Å². The van der Waals surface area contributed by atoms with Gasteiger partial charge in [-0.15, -0.1) is 0 Å². The number of fused-ring (bicyclic) bond motifs is 1. The van der Waals surface area contributed by atoms with E-state index in [1.807, 2.05) is 36.4 Å². The lowest BCUT2D eigenvalue weighted by molar-refractivity contribution is -0.142. The maximum Gasteiger partial charge on any atom is 0.334 e. The molecule has 0 aliphatic heterocycles. The summed E-state index contributed by atoms with van der Waals surface area (Å²) < 4.78 is 27.0. The Balaban J connectivity index is 1.73. The van der Waals surface area contributed by atoms with Gasteiger partial charge < -0.3 is 19.1 Å². The summed E-state index contributed by atoms with van der Waals surface area (Å²) in [4.78, 5) is 29.6. The number of hydrogen-bond donors (Lipinski definition) is 1. The smallest absolute Gasteiger partial charge is 0.334 e. The molecule has 0 unspecified atom stereocenters. The van der Waals surface area contributed by atoms with Gasteiger partial charge in [-0.05, 0) is 29.8 Å². The molecule has 0 fully saturated rings. The maximum absolute atomic E-state index is 12.7. The topological polar surface area (TPSA) is 104 Å². The molecule has 0 saturated heterocycles. The highest BCUT2D eigenvalue weighted by atomic mass is 31.2. The van der Waals surface area contributed by atoms with Crippen LogP contribution in [-0.2, 0) is 35.7 Å². The Hall–Kier alpha value is -3.06. The molecular formula is C23H25N2O6P. The number of aromatic nitrogens is 1. The monoisotopic (exact) mass is 456 g/mol. The van der Waals surface area contributed by atoms with Gasteiger partial charge in [-0.3, -0.25) is 14.3 Å². The molecule has 32 heavy (non-hydrogen) atoms. The lowest BCUT2D eigenvalue weighted by Crippen LogP contribution is -2.43. The lowest BCUT2D eigenvalue weighted by atomic mass is 10.1. The van der Waals surface area contributed by atoms with Crippen molar-refractivity contribution in [2.75, 3.05) is 21.3 Å². The van der Waals surface area contributed by atoms with Gasteiger partial charge >= 0.3 is 13.6 Å². The van der Waals surface area contributed by atoms with Crippen LogP contribution in [0.5, 0.6) is 0 Å². The number of ether oxygens (including phenoxy) is 1. The molecule has 1 atom stereocenters. The number of esters is 1. The van der Waals surface area contributed by atoms with Crippen LogP contribution < -0.4 is 5.32 Å². The molecule has 0 spiro atoms. The van der Waals surface area contributed by atoms with Crippen molar-refractivity contribution in [3.8, 4) is 0 Å². The summed E-state index contributed by atoms with van der Waals surface area (Å²) in [6.07, 6.45) is 0.270. The van der Waals surface area contributed by atoms with Gasteiger partial charge in [0.1, 0.15) is 6.04 Å². The van der Waals surface area contributed by atoms with E-state index in [1.54, 1.807) is 24.3 Å². The minimum Gasteiger partial charge on any atom is -0.467 e. The number of rotatable bonds is 9. The second-order valence-electron chi connectivity index (χ2n) is 7.08. The zero-order valence-corrected chi connectivity index (χ0v) is 19.0. The fourth-order valence-corrected chi connectivity index (χ4v) is 4.26. The number of nitrogens with zero attached hydrogens (tertiary/aromatic N) is 1. The molecule has 3 rings (SSSR count). The fourth-order valence-electron chi connectivity index (χ4n) is 3.20. The minimum absolute atomic E-state index is 0.0836. The molecule has 9 heteroatoms. The van der Waals surface area contributed by atoms with Gasteiger partial charge in [-0.25, -0.2) is 4.79 Å². The molecule has 0 saturated carbocycles. The van der Waals surface area contributed by atoms with E-state index in [2.05, 4.69) is 10.3 Å². The fraction of sp³-hybridized carbons (Fsp3) is 0.261. The Morgan fingerprint density at radius 3 is 2.31 bits per heavy atom. The molecular weight excluding hydrogens is 431 g/mol. The van der Waals surface area contributed by atoms with Crippen molar-refractivity contribution in [3.05, 3.63) is 77.5 Å². The van der Waals surface area contributed by atoms with Crippen molar-refractivity contribution in [2.24, 2.45) is 0 Å². The van der Waals surface area contributed by atoms with E-state index >= 15 is 0 Å². The first kappa shape index (κ1) is 23.6. The van der Waals surface area contributed by atoms with Crippen LogP contribution in [0.2, 0.25) is 0 Å². The van der Waals surface area contributed by atoms with E-state index in [1.165, 1.54) is 21.3 Å². The van der Waals surface area contributed by atoms with Crippen molar-refractivity contribution >= 4 is 30.4 Å². The SMILES string of the molecule is COC(=O)[C@H](Cc1ccc2ccccc2n1)NC(=O)c1ccc(CP(=O)(OC)OC)cc1. The molecule has 0 bridgehead atoms. The van der Waals surface area contributed by atoms with Crippen LogP contribution >= 0.6 is 7.60 Å². The van der Waals surface area contributed by atoms with Crippen LogP contribution in [0.1, 0.15) is 21.6 Å². The highest BCUT2D eigenvalue weighted by Gasteiger charge is 2.24. The first-order chi connectivity index (χ1) is 15.4. The predicted molar refractivity (Wildman–Crippen MR) is 120 cm³/mol. The Bertz CT molecular complexity index is 1140. The van der Waals surface area contributed by atoms with E-state index in [0.29, 0.717) is 16.8 Å². The number of pyridine rings is 1. The van der Waals surface area contributed by atoms with E-state index < -0.39 is 25.5 Å².